The summed E-state index contributed by atoms with van der Waals surface area (Å²) in [5.74, 6) is 0. The molecule has 2 rings (SSSR count). The highest BCUT2D eigenvalue weighted by Crippen LogP contribution is 2.20. The lowest BCUT2D eigenvalue weighted by molar-refractivity contribution is 0.109. The number of hydrogen-bond donors (Lipinski definition) is 1. The van der Waals surface area contributed by atoms with Crippen LogP contribution in [0.4, 0.5) is 0 Å². The summed E-state index contributed by atoms with van der Waals surface area (Å²) in [5.41, 5.74) is 2.48. The van der Waals surface area contributed by atoms with Gasteiger partial charge >= 0.3 is 0 Å². The number of benzene rings is 1. The number of hydrogen-bond acceptors (Lipinski definition) is 3. The van der Waals surface area contributed by atoms with Crippen LogP contribution in [0.1, 0.15) is 22.9 Å². The van der Waals surface area contributed by atoms with Gasteiger partial charge in [-0.3, -0.25) is 0 Å². The van der Waals surface area contributed by atoms with Crippen molar-refractivity contribution in [2.45, 2.75) is 26.7 Å². The Kier molecular flexibility index (Phi) is 6.04. The number of rotatable bonds is 7. The Morgan fingerprint density at radius 1 is 1.26 bits per heavy atom. The van der Waals surface area contributed by atoms with Gasteiger partial charge in [-0.25, -0.2) is 0 Å². The van der Waals surface area contributed by atoms with E-state index in [1.165, 1.54) is 16.0 Å². The third-order valence-corrected chi connectivity index (χ3v) is 4.37. The molecule has 0 fully saturated rings. The van der Waals surface area contributed by atoms with E-state index in [0.29, 0.717) is 13.2 Å². The Hall–Kier alpha value is -0.680. The molecule has 1 heterocycles. The van der Waals surface area contributed by atoms with Crippen LogP contribution < -0.4 is 5.32 Å². The summed E-state index contributed by atoms with van der Waals surface area (Å²) in [6.45, 7) is 5.33. The van der Waals surface area contributed by atoms with E-state index in [1.54, 1.807) is 11.3 Å². The Balaban J connectivity index is 1.86. The molecule has 0 saturated carbocycles. The van der Waals surface area contributed by atoms with Crippen molar-refractivity contribution in [1.29, 1.82) is 0 Å². The second-order valence-corrected chi connectivity index (χ2v) is 6.16. The van der Waals surface area contributed by atoms with Crippen molar-refractivity contribution >= 4 is 27.3 Å². The van der Waals surface area contributed by atoms with E-state index in [2.05, 4.69) is 63.9 Å². The zero-order chi connectivity index (χ0) is 13.5. The maximum Gasteiger partial charge on any atom is 0.0813 e. The average Bonchev–Trinajstić information content (AvgIpc) is 2.92. The molecule has 1 aromatic carbocycles. The molecule has 0 aliphatic heterocycles. The zero-order valence-corrected chi connectivity index (χ0v) is 13.4. The van der Waals surface area contributed by atoms with Gasteiger partial charge in [0, 0.05) is 15.9 Å². The quantitative estimate of drug-likeness (QED) is 0.810. The summed E-state index contributed by atoms with van der Waals surface area (Å²) in [4.78, 5) is 1.26. The second-order valence-electron chi connectivity index (χ2n) is 4.28. The molecule has 2 aromatic rings. The molecule has 0 bridgehead atoms. The van der Waals surface area contributed by atoms with Crippen LogP contribution in [0.15, 0.2) is 40.2 Å². The predicted octanol–water partition coefficient (Wildman–Crippen LogP) is 4.34. The topological polar surface area (TPSA) is 21.3 Å². The van der Waals surface area contributed by atoms with Crippen LogP contribution in [-0.4, -0.2) is 6.54 Å². The molecule has 0 atom stereocenters. The molecule has 0 radical (unpaired) electrons. The smallest absolute Gasteiger partial charge is 0.0813 e. The molecule has 2 nitrogen and oxygen atoms in total. The first-order chi connectivity index (χ1) is 9.29. The molecule has 0 spiro atoms. The number of ether oxygens (including phenoxy) is 1. The van der Waals surface area contributed by atoms with Gasteiger partial charge in [-0.15, -0.1) is 11.3 Å². The van der Waals surface area contributed by atoms with Crippen LogP contribution in [-0.2, 0) is 24.5 Å². The Morgan fingerprint density at radius 2 is 2.16 bits per heavy atom. The summed E-state index contributed by atoms with van der Waals surface area (Å²) in [6, 6.07) is 10.6. The van der Waals surface area contributed by atoms with Crippen molar-refractivity contribution in [1.82, 2.24) is 5.32 Å². The average molecular weight is 340 g/mol. The first-order valence-electron chi connectivity index (χ1n) is 6.37. The van der Waals surface area contributed by atoms with Gasteiger partial charge < -0.3 is 10.1 Å². The molecular weight excluding hydrogens is 322 g/mol. The van der Waals surface area contributed by atoms with Gasteiger partial charge in [0.2, 0.25) is 0 Å². The van der Waals surface area contributed by atoms with Crippen LogP contribution in [0, 0.1) is 0 Å². The molecule has 1 N–H and O–H groups in total. The molecule has 4 heteroatoms. The van der Waals surface area contributed by atoms with E-state index in [9.17, 15) is 0 Å². The van der Waals surface area contributed by atoms with Crippen molar-refractivity contribution in [2.75, 3.05) is 6.54 Å². The largest absolute Gasteiger partial charge is 0.371 e. The van der Waals surface area contributed by atoms with Gasteiger partial charge in [0.15, 0.2) is 0 Å². The lowest BCUT2D eigenvalue weighted by Gasteiger charge is -2.08. The first-order valence-corrected chi connectivity index (χ1v) is 8.05. The summed E-state index contributed by atoms with van der Waals surface area (Å²) < 4.78 is 6.85. The standard InChI is InChI=1S/C15H18BrNOS/c1-2-17-9-12-5-6-13(15(16)8-12)10-18-11-14-4-3-7-19-14/h3-8,17H,2,9-11H2,1H3. The third-order valence-electron chi connectivity index (χ3n) is 2.78. The van der Waals surface area contributed by atoms with Gasteiger partial charge in [-0.05, 0) is 35.2 Å². The van der Waals surface area contributed by atoms with Crippen molar-refractivity contribution in [2.24, 2.45) is 0 Å². The minimum atomic E-state index is 0.639. The third kappa shape index (κ3) is 4.73. The fourth-order valence-electron chi connectivity index (χ4n) is 1.74. The van der Waals surface area contributed by atoms with Crippen LogP contribution in [0.2, 0.25) is 0 Å². The zero-order valence-electron chi connectivity index (χ0n) is 11.0. The summed E-state index contributed by atoms with van der Waals surface area (Å²) in [6.07, 6.45) is 0. The van der Waals surface area contributed by atoms with Crippen molar-refractivity contribution in [3.63, 3.8) is 0 Å². The van der Waals surface area contributed by atoms with E-state index >= 15 is 0 Å². The van der Waals surface area contributed by atoms with Crippen molar-refractivity contribution in [3.8, 4) is 0 Å². The SMILES string of the molecule is CCNCc1ccc(COCc2cccs2)c(Br)c1. The van der Waals surface area contributed by atoms with Gasteiger partial charge in [-0.1, -0.05) is 41.1 Å². The summed E-state index contributed by atoms with van der Waals surface area (Å²) in [7, 11) is 0. The van der Waals surface area contributed by atoms with E-state index in [0.717, 1.165) is 17.6 Å². The second kappa shape index (κ2) is 7.80. The Bertz CT molecular complexity index is 499. The first kappa shape index (κ1) is 14.7. The lowest BCUT2D eigenvalue weighted by Crippen LogP contribution is -2.11. The summed E-state index contributed by atoms with van der Waals surface area (Å²) >= 11 is 5.34. The Labute approximate surface area is 126 Å². The van der Waals surface area contributed by atoms with Crippen LogP contribution >= 0.6 is 27.3 Å². The van der Waals surface area contributed by atoms with Gasteiger partial charge in [0.25, 0.3) is 0 Å². The maximum atomic E-state index is 5.73. The molecule has 1 aromatic heterocycles. The van der Waals surface area contributed by atoms with Gasteiger partial charge in [-0.2, -0.15) is 0 Å². The molecule has 0 aliphatic rings. The van der Waals surface area contributed by atoms with E-state index < -0.39 is 0 Å². The van der Waals surface area contributed by atoms with Crippen LogP contribution in [0.5, 0.6) is 0 Å². The molecule has 102 valence electrons. The van der Waals surface area contributed by atoms with Gasteiger partial charge in [0.05, 0.1) is 13.2 Å². The number of halogens is 1. The number of thiophene rings is 1. The molecule has 0 unspecified atom stereocenters. The van der Waals surface area contributed by atoms with Crippen molar-refractivity contribution in [3.05, 3.63) is 56.2 Å². The van der Waals surface area contributed by atoms with Gasteiger partial charge in [0.1, 0.15) is 0 Å². The molecule has 0 aliphatic carbocycles. The maximum absolute atomic E-state index is 5.73. The minimum Gasteiger partial charge on any atom is -0.371 e. The highest BCUT2D eigenvalue weighted by atomic mass is 79.9. The van der Waals surface area contributed by atoms with Crippen molar-refractivity contribution < 1.29 is 4.74 Å². The molecule has 19 heavy (non-hydrogen) atoms. The lowest BCUT2D eigenvalue weighted by atomic mass is 10.1. The molecule has 0 amide bonds. The monoisotopic (exact) mass is 339 g/mol. The summed E-state index contributed by atoms with van der Waals surface area (Å²) in [5, 5.41) is 5.40. The Morgan fingerprint density at radius 3 is 2.84 bits per heavy atom. The fourth-order valence-corrected chi connectivity index (χ4v) is 2.92. The van der Waals surface area contributed by atoms with E-state index in [4.69, 9.17) is 4.74 Å². The van der Waals surface area contributed by atoms with E-state index in [-0.39, 0.29) is 0 Å². The normalized spacial score (nSPS) is 10.8. The minimum absolute atomic E-state index is 0.639. The number of nitrogens with one attached hydrogen (secondary N) is 1. The molecular formula is C15H18BrNOS. The van der Waals surface area contributed by atoms with Crippen LogP contribution in [0.25, 0.3) is 0 Å². The molecule has 0 saturated heterocycles. The van der Waals surface area contributed by atoms with Crippen LogP contribution in [0.3, 0.4) is 0 Å². The predicted molar refractivity (Wildman–Crippen MR) is 84.3 cm³/mol. The van der Waals surface area contributed by atoms with E-state index in [1.807, 2.05) is 0 Å². The highest BCUT2D eigenvalue weighted by Gasteiger charge is 2.02. The fraction of sp³-hybridized carbons (Fsp3) is 0.333. The highest BCUT2D eigenvalue weighted by molar-refractivity contribution is 9.10.